The number of nitrogens with zero attached hydrogens (tertiary/aromatic N) is 3. The quantitative estimate of drug-likeness (QED) is 0.687. The van der Waals surface area contributed by atoms with Crippen LogP contribution < -0.4 is 0 Å². The Morgan fingerprint density at radius 2 is 2.08 bits per heavy atom. The van der Waals surface area contributed by atoms with Gasteiger partial charge in [-0.1, -0.05) is 12.1 Å². The van der Waals surface area contributed by atoms with Crippen LogP contribution in [0.3, 0.4) is 0 Å². The van der Waals surface area contributed by atoms with E-state index in [1.807, 2.05) is 37.8 Å². The van der Waals surface area contributed by atoms with Crippen LogP contribution in [-0.2, 0) is 0 Å². The van der Waals surface area contributed by atoms with Gasteiger partial charge in [-0.2, -0.15) is 0 Å². The van der Waals surface area contributed by atoms with Gasteiger partial charge in [-0.15, -0.1) is 0 Å². The predicted octanol–water partition coefficient (Wildman–Crippen LogP) is 4.28. The van der Waals surface area contributed by atoms with Crippen LogP contribution in [0.2, 0.25) is 0 Å². The average molecular weight is 353 g/mol. The van der Waals surface area contributed by atoms with E-state index < -0.39 is 0 Å². The maximum Gasteiger partial charge on any atom is 0.259 e. The third-order valence-electron chi connectivity index (χ3n) is 5.11. The van der Waals surface area contributed by atoms with Gasteiger partial charge in [-0.25, -0.2) is 4.98 Å². The maximum absolute atomic E-state index is 13.3. The Morgan fingerprint density at radius 1 is 1.27 bits per heavy atom. The number of carbonyl (C=O) groups excluding carboxylic acids is 1. The van der Waals surface area contributed by atoms with Crippen molar-refractivity contribution in [1.29, 1.82) is 0 Å². The summed E-state index contributed by atoms with van der Waals surface area (Å²) >= 11 is 0. The molecule has 0 bridgehead atoms. The molecule has 6 nitrogen and oxygen atoms in total. The number of furan rings is 1. The van der Waals surface area contributed by atoms with Crippen molar-refractivity contribution in [3.63, 3.8) is 0 Å². The lowest BCUT2D eigenvalue weighted by atomic mass is 9.98. The monoisotopic (exact) mass is 353 g/mol. The summed E-state index contributed by atoms with van der Waals surface area (Å²) < 4.78 is 11.0. The van der Waals surface area contributed by atoms with Crippen LogP contribution in [0.25, 0.3) is 22.4 Å². The Labute approximate surface area is 152 Å². The van der Waals surface area contributed by atoms with E-state index in [1.165, 1.54) is 6.42 Å². The van der Waals surface area contributed by atoms with Gasteiger partial charge in [-0.3, -0.25) is 4.79 Å². The molecule has 4 heterocycles. The first-order valence-corrected chi connectivity index (χ1v) is 9.07. The minimum Gasteiger partial charge on any atom is -0.466 e. The van der Waals surface area contributed by atoms with Crippen LogP contribution in [-0.4, -0.2) is 34.0 Å². The van der Waals surface area contributed by atoms with Gasteiger partial charge in [0.05, 0.1) is 22.3 Å². The molecule has 6 heteroatoms. The summed E-state index contributed by atoms with van der Waals surface area (Å²) in [5, 5.41) is 4.73. The molecule has 0 aromatic carbocycles. The molecule has 0 radical (unpaired) electrons. The molecular weight excluding hydrogens is 330 g/mol. The lowest BCUT2D eigenvalue weighted by Crippen LogP contribution is -2.39. The third kappa shape index (κ3) is 2.79. The average Bonchev–Trinajstić information content (AvgIpc) is 3.15. The first kappa shape index (κ1) is 16.8. The zero-order chi connectivity index (χ0) is 18.4. The van der Waals surface area contributed by atoms with Crippen molar-refractivity contribution in [2.75, 3.05) is 13.1 Å². The van der Waals surface area contributed by atoms with Crippen molar-refractivity contribution in [2.45, 2.75) is 40.5 Å². The van der Waals surface area contributed by atoms with E-state index in [0.717, 1.165) is 36.6 Å². The highest BCUT2D eigenvalue weighted by atomic mass is 16.5. The number of pyridine rings is 1. The second-order valence-electron chi connectivity index (χ2n) is 7.33. The van der Waals surface area contributed by atoms with Gasteiger partial charge >= 0.3 is 0 Å². The summed E-state index contributed by atoms with van der Waals surface area (Å²) in [5.74, 6) is 2.13. The minimum absolute atomic E-state index is 0.0226. The second-order valence-corrected chi connectivity index (χ2v) is 7.33. The fourth-order valence-corrected chi connectivity index (χ4v) is 3.83. The first-order valence-electron chi connectivity index (χ1n) is 9.07. The normalized spacial score (nSPS) is 17.8. The topological polar surface area (TPSA) is 72.4 Å². The van der Waals surface area contributed by atoms with Crippen molar-refractivity contribution in [2.24, 2.45) is 5.92 Å². The molecule has 0 aliphatic carbocycles. The Hall–Kier alpha value is -2.63. The second kappa shape index (κ2) is 6.27. The molecule has 26 heavy (non-hydrogen) atoms. The highest BCUT2D eigenvalue weighted by Gasteiger charge is 2.27. The van der Waals surface area contributed by atoms with Gasteiger partial charge < -0.3 is 13.8 Å². The highest BCUT2D eigenvalue weighted by Crippen LogP contribution is 2.31. The van der Waals surface area contributed by atoms with Crippen LogP contribution in [0.5, 0.6) is 0 Å². The van der Waals surface area contributed by atoms with Gasteiger partial charge in [-0.05, 0) is 51.7 Å². The molecule has 1 unspecified atom stereocenters. The van der Waals surface area contributed by atoms with Crippen molar-refractivity contribution in [1.82, 2.24) is 15.0 Å². The lowest BCUT2D eigenvalue weighted by molar-refractivity contribution is 0.0685. The number of aryl methyl sites for hydroxylation is 3. The molecule has 0 saturated carbocycles. The first-order chi connectivity index (χ1) is 12.4. The van der Waals surface area contributed by atoms with E-state index in [-0.39, 0.29) is 5.91 Å². The van der Waals surface area contributed by atoms with Gasteiger partial charge in [0.1, 0.15) is 11.5 Å². The summed E-state index contributed by atoms with van der Waals surface area (Å²) in [7, 11) is 0. The molecule has 3 aromatic rings. The number of fused-ring (bicyclic) bond motifs is 1. The van der Waals surface area contributed by atoms with E-state index in [4.69, 9.17) is 8.94 Å². The standard InChI is InChI=1S/C20H23N3O3/c1-11-6-5-7-23(10-11)20(24)16-9-17(15-8-12(2)25-14(15)4)21-19-18(16)13(3)22-26-19/h8-9,11H,5-7,10H2,1-4H3. The summed E-state index contributed by atoms with van der Waals surface area (Å²) in [6.07, 6.45) is 2.21. The summed E-state index contributed by atoms with van der Waals surface area (Å²) in [4.78, 5) is 19.8. The molecule has 136 valence electrons. The molecule has 0 N–H and O–H groups in total. The van der Waals surface area contributed by atoms with Gasteiger partial charge in [0.25, 0.3) is 11.6 Å². The van der Waals surface area contributed by atoms with Gasteiger partial charge in [0, 0.05) is 18.7 Å². The fraction of sp³-hybridized carbons (Fsp3) is 0.450. The van der Waals surface area contributed by atoms with Crippen LogP contribution in [0.4, 0.5) is 0 Å². The zero-order valence-corrected chi connectivity index (χ0v) is 15.6. The van der Waals surface area contributed by atoms with E-state index in [9.17, 15) is 4.79 Å². The van der Waals surface area contributed by atoms with E-state index in [2.05, 4.69) is 17.1 Å². The summed E-state index contributed by atoms with van der Waals surface area (Å²) in [6.45, 7) is 9.40. The fourth-order valence-electron chi connectivity index (χ4n) is 3.83. The predicted molar refractivity (Wildman–Crippen MR) is 98.0 cm³/mol. The SMILES string of the molecule is Cc1cc(-c2cc(C(=O)N3CCCC(C)C3)c3c(C)noc3n2)c(C)o1. The minimum atomic E-state index is 0.0226. The van der Waals surface area contributed by atoms with Crippen LogP contribution >= 0.6 is 0 Å². The van der Waals surface area contributed by atoms with Crippen LogP contribution in [0, 0.1) is 26.7 Å². The van der Waals surface area contributed by atoms with Crippen LogP contribution in [0.15, 0.2) is 21.1 Å². The Morgan fingerprint density at radius 3 is 2.77 bits per heavy atom. The largest absolute Gasteiger partial charge is 0.466 e. The van der Waals surface area contributed by atoms with Gasteiger partial charge in [0.2, 0.25) is 0 Å². The molecule has 1 aliphatic heterocycles. The number of carbonyl (C=O) groups is 1. The Kier molecular flexibility index (Phi) is 4.05. The van der Waals surface area contributed by atoms with Crippen molar-refractivity contribution >= 4 is 17.0 Å². The molecule has 0 spiro atoms. The van der Waals surface area contributed by atoms with E-state index in [1.54, 1.807) is 0 Å². The number of hydrogen-bond donors (Lipinski definition) is 0. The Balaban J connectivity index is 1.85. The number of aromatic nitrogens is 2. The summed E-state index contributed by atoms with van der Waals surface area (Å²) in [5.41, 5.74) is 3.24. The van der Waals surface area contributed by atoms with E-state index in [0.29, 0.717) is 34.0 Å². The third-order valence-corrected chi connectivity index (χ3v) is 5.11. The zero-order valence-electron chi connectivity index (χ0n) is 15.6. The molecule has 1 atom stereocenters. The highest BCUT2D eigenvalue weighted by molar-refractivity contribution is 6.07. The smallest absolute Gasteiger partial charge is 0.259 e. The van der Waals surface area contributed by atoms with Gasteiger partial charge in [0.15, 0.2) is 0 Å². The molecule has 1 saturated heterocycles. The number of piperidine rings is 1. The number of amides is 1. The molecular formula is C20H23N3O3. The lowest BCUT2D eigenvalue weighted by Gasteiger charge is -2.31. The van der Waals surface area contributed by atoms with E-state index >= 15 is 0 Å². The number of rotatable bonds is 2. The Bertz CT molecular complexity index is 986. The number of likely N-dealkylation sites (tertiary alicyclic amines) is 1. The maximum atomic E-state index is 13.3. The summed E-state index contributed by atoms with van der Waals surface area (Å²) in [6, 6.07) is 3.79. The van der Waals surface area contributed by atoms with Crippen molar-refractivity contribution in [3.05, 3.63) is 34.9 Å². The van der Waals surface area contributed by atoms with Crippen molar-refractivity contribution in [3.8, 4) is 11.3 Å². The molecule has 3 aromatic heterocycles. The number of hydrogen-bond acceptors (Lipinski definition) is 5. The van der Waals surface area contributed by atoms with Crippen LogP contribution in [0.1, 0.15) is 47.3 Å². The molecule has 1 aliphatic rings. The molecule has 1 amide bonds. The molecule has 1 fully saturated rings. The van der Waals surface area contributed by atoms with Crippen molar-refractivity contribution < 1.29 is 13.7 Å². The molecule has 4 rings (SSSR count).